The first-order valence-electron chi connectivity index (χ1n) is 11.9. The molecule has 5 rings (SSSR count). The van der Waals surface area contributed by atoms with Crippen molar-refractivity contribution in [1.82, 2.24) is 4.90 Å². The maximum atomic E-state index is 14.1. The number of carbonyl (C=O) groups excluding carboxylic acids is 2. The van der Waals surface area contributed by atoms with Crippen LogP contribution in [0.3, 0.4) is 0 Å². The van der Waals surface area contributed by atoms with Gasteiger partial charge in [0.2, 0.25) is 0 Å². The van der Waals surface area contributed by atoms with E-state index in [2.05, 4.69) is 19.2 Å². The van der Waals surface area contributed by atoms with Gasteiger partial charge in [0.05, 0.1) is 19.3 Å². The Morgan fingerprint density at radius 3 is 2.61 bits per heavy atom. The largest absolute Gasteiger partial charge is 0.497 e. The number of methoxy groups -OCH3 is 1. The molecule has 1 unspecified atom stereocenters. The van der Waals surface area contributed by atoms with E-state index in [1.54, 1.807) is 35.1 Å². The van der Waals surface area contributed by atoms with Gasteiger partial charge in [0.1, 0.15) is 11.6 Å². The van der Waals surface area contributed by atoms with Crippen LogP contribution in [-0.4, -0.2) is 36.2 Å². The van der Waals surface area contributed by atoms with Gasteiger partial charge in [0.15, 0.2) is 4.87 Å². The molecule has 6 nitrogen and oxygen atoms in total. The van der Waals surface area contributed by atoms with E-state index >= 15 is 0 Å². The first-order valence-corrected chi connectivity index (χ1v) is 12.9. The Morgan fingerprint density at radius 2 is 1.92 bits per heavy atom. The zero-order valence-corrected chi connectivity index (χ0v) is 21.3. The summed E-state index contributed by atoms with van der Waals surface area (Å²) in [6, 6.07) is 19.1. The predicted octanol–water partition coefficient (Wildman–Crippen LogP) is 5.94. The number of amides is 3. The number of rotatable bonds is 5. The summed E-state index contributed by atoms with van der Waals surface area (Å²) in [6.07, 6.45) is 0. The topological polar surface area (TPSA) is 61.9 Å². The van der Waals surface area contributed by atoms with Crippen molar-refractivity contribution in [3.8, 4) is 5.75 Å². The third kappa shape index (κ3) is 4.09. The molecule has 1 fully saturated rings. The van der Waals surface area contributed by atoms with Gasteiger partial charge in [-0.3, -0.25) is 9.69 Å². The van der Waals surface area contributed by atoms with Gasteiger partial charge in [-0.05, 0) is 59.5 Å². The van der Waals surface area contributed by atoms with Crippen LogP contribution >= 0.6 is 11.8 Å². The fourth-order valence-corrected chi connectivity index (χ4v) is 6.29. The molecule has 36 heavy (non-hydrogen) atoms. The fraction of sp³-hybridized carbons (Fsp3) is 0.286. The SMILES string of the molecule is COc1ccc2c(c1)C1(SCCN1C(=O)Nc1ccc(C(C)C)cc1)C(=O)N2Cc1cccc(F)c1. The molecule has 3 aromatic carbocycles. The summed E-state index contributed by atoms with van der Waals surface area (Å²) in [5.74, 6) is 1.02. The second kappa shape index (κ2) is 9.50. The number of hydrogen-bond donors (Lipinski definition) is 1. The van der Waals surface area contributed by atoms with E-state index < -0.39 is 4.87 Å². The minimum Gasteiger partial charge on any atom is -0.497 e. The number of carbonyl (C=O) groups is 2. The standard InChI is InChI=1S/C28H28FN3O3S/c1-18(2)20-7-9-22(10-8-20)30-27(34)32-13-14-36-28(32)24-16-23(35-3)11-12-25(24)31(26(28)33)17-19-5-4-6-21(29)15-19/h4-12,15-16,18H,13-14,17H2,1-3H3,(H,30,34). The lowest BCUT2D eigenvalue weighted by Gasteiger charge is -2.33. The van der Waals surface area contributed by atoms with Crippen molar-refractivity contribution in [3.05, 3.63) is 89.2 Å². The van der Waals surface area contributed by atoms with Gasteiger partial charge in [0.25, 0.3) is 5.91 Å². The van der Waals surface area contributed by atoms with Crippen molar-refractivity contribution in [2.45, 2.75) is 31.2 Å². The van der Waals surface area contributed by atoms with Crippen molar-refractivity contribution in [2.75, 3.05) is 29.6 Å². The first kappa shape index (κ1) is 24.2. The number of benzene rings is 3. The highest BCUT2D eigenvalue weighted by Gasteiger charge is 2.59. The van der Waals surface area contributed by atoms with Crippen LogP contribution in [0.2, 0.25) is 0 Å². The lowest BCUT2D eigenvalue weighted by atomic mass is 10.0. The molecule has 1 saturated heterocycles. The second-order valence-electron chi connectivity index (χ2n) is 9.26. The van der Waals surface area contributed by atoms with Crippen LogP contribution in [0.4, 0.5) is 20.6 Å². The smallest absolute Gasteiger partial charge is 0.323 e. The lowest BCUT2D eigenvalue weighted by Crippen LogP contribution is -2.51. The number of fused-ring (bicyclic) bond motifs is 2. The molecule has 0 saturated carbocycles. The van der Waals surface area contributed by atoms with E-state index in [-0.39, 0.29) is 24.3 Å². The third-order valence-corrected chi connectivity index (χ3v) is 8.12. The number of anilines is 2. The minimum absolute atomic E-state index is 0.199. The highest BCUT2D eigenvalue weighted by molar-refractivity contribution is 8.01. The molecule has 3 aromatic rings. The van der Waals surface area contributed by atoms with Gasteiger partial charge in [-0.25, -0.2) is 9.18 Å². The molecule has 0 aliphatic carbocycles. The number of urea groups is 1. The summed E-state index contributed by atoms with van der Waals surface area (Å²) in [5, 5.41) is 2.98. The number of nitrogens with one attached hydrogen (secondary N) is 1. The van der Waals surface area contributed by atoms with E-state index in [1.807, 2.05) is 36.4 Å². The molecule has 0 radical (unpaired) electrons. The van der Waals surface area contributed by atoms with Crippen LogP contribution in [0.1, 0.15) is 36.5 Å². The van der Waals surface area contributed by atoms with Gasteiger partial charge in [-0.1, -0.05) is 38.1 Å². The Balaban J connectivity index is 1.50. The van der Waals surface area contributed by atoms with E-state index in [0.29, 0.717) is 46.5 Å². The Kier molecular flexibility index (Phi) is 6.38. The summed E-state index contributed by atoms with van der Waals surface area (Å²) in [5.41, 5.74) is 3.92. The maximum absolute atomic E-state index is 14.1. The fourth-order valence-electron chi connectivity index (χ4n) is 4.84. The summed E-state index contributed by atoms with van der Waals surface area (Å²) in [6.45, 7) is 4.85. The summed E-state index contributed by atoms with van der Waals surface area (Å²) < 4.78 is 19.3. The molecule has 2 aliphatic heterocycles. The summed E-state index contributed by atoms with van der Waals surface area (Å²) >= 11 is 1.44. The first-order chi connectivity index (χ1) is 17.3. The van der Waals surface area contributed by atoms with E-state index in [4.69, 9.17) is 4.74 Å². The van der Waals surface area contributed by atoms with Gasteiger partial charge < -0.3 is 15.0 Å². The van der Waals surface area contributed by atoms with Crippen LogP contribution in [0.15, 0.2) is 66.7 Å². The number of nitrogens with zero attached hydrogens (tertiary/aromatic N) is 2. The monoisotopic (exact) mass is 505 g/mol. The van der Waals surface area contributed by atoms with Crippen molar-refractivity contribution < 1.29 is 18.7 Å². The van der Waals surface area contributed by atoms with Gasteiger partial charge in [-0.2, -0.15) is 0 Å². The van der Waals surface area contributed by atoms with Crippen LogP contribution in [0.25, 0.3) is 0 Å². The normalized spacial score (nSPS) is 18.8. The minimum atomic E-state index is -1.22. The molecule has 1 atom stereocenters. The third-order valence-electron chi connectivity index (χ3n) is 6.70. The zero-order chi connectivity index (χ0) is 25.4. The molecule has 3 amide bonds. The summed E-state index contributed by atoms with van der Waals surface area (Å²) in [7, 11) is 1.57. The molecule has 186 valence electrons. The highest BCUT2D eigenvalue weighted by Crippen LogP contribution is 2.55. The van der Waals surface area contributed by atoms with E-state index in [0.717, 1.165) is 0 Å². The molecule has 0 aromatic heterocycles. The van der Waals surface area contributed by atoms with Crippen molar-refractivity contribution in [3.63, 3.8) is 0 Å². The average molecular weight is 506 g/mol. The van der Waals surface area contributed by atoms with E-state index in [9.17, 15) is 14.0 Å². The Labute approximate surface area is 214 Å². The molecular formula is C28H28FN3O3S. The molecular weight excluding hydrogens is 477 g/mol. The molecule has 1 N–H and O–H groups in total. The number of ether oxygens (including phenoxy) is 1. The van der Waals surface area contributed by atoms with Gasteiger partial charge in [-0.15, -0.1) is 11.8 Å². The van der Waals surface area contributed by atoms with Gasteiger partial charge >= 0.3 is 6.03 Å². The molecule has 1 spiro atoms. The van der Waals surface area contributed by atoms with Crippen LogP contribution in [0, 0.1) is 5.82 Å². The lowest BCUT2D eigenvalue weighted by molar-refractivity contribution is -0.123. The van der Waals surface area contributed by atoms with Crippen molar-refractivity contribution in [1.29, 1.82) is 0 Å². The Bertz CT molecular complexity index is 1310. The number of thioether (sulfide) groups is 1. The average Bonchev–Trinajstić information content (AvgIpc) is 3.41. The molecule has 2 heterocycles. The summed E-state index contributed by atoms with van der Waals surface area (Å²) in [4.78, 5) is 29.7. The van der Waals surface area contributed by atoms with Crippen molar-refractivity contribution >= 4 is 35.1 Å². The van der Waals surface area contributed by atoms with Crippen LogP contribution in [0.5, 0.6) is 5.75 Å². The Morgan fingerprint density at radius 1 is 1.14 bits per heavy atom. The maximum Gasteiger partial charge on any atom is 0.323 e. The van der Waals surface area contributed by atoms with Crippen LogP contribution in [-0.2, 0) is 16.2 Å². The van der Waals surface area contributed by atoms with Crippen LogP contribution < -0.4 is 15.0 Å². The number of hydrogen-bond acceptors (Lipinski definition) is 4. The predicted molar refractivity (Wildman–Crippen MR) is 141 cm³/mol. The zero-order valence-electron chi connectivity index (χ0n) is 20.5. The van der Waals surface area contributed by atoms with Gasteiger partial charge in [0, 0.05) is 23.5 Å². The highest BCUT2D eigenvalue weighted by atomic mass is 32.2. The van der Waals surface area contributed by atoms with Crippen molar-refractivity contribution in [2.24, 2.45) is 0 Å². The second-order valence-corrected chi connectivity index (χ2v) is 10.5. The molecule has 2 aliphatic rings. The Hall–Kier alpha value is -3.52. The molecule has 0 bridgehead atoms. The number of halogens is 1. The quantitative estimate of drug-likeness (QED) is 0.466. The molecule has 8 heteroatoms. The van der Waals surface area contributed by atoms with E-state index in [1.165, 1.54) is 29.5 Å².